The zero-order chi connectivity index (χ0) is 27.2. The predicted molar refractivity (Wildman–Crippen MR) is 111 cm³/mol. The van der Waals surface area contributed by atoms with Gasteiger partial charge in [-0.3, -0.25) is 0 Å². The Labute approximate surface area is 200 Å². The third kappa shape index (κ3) is 4.63. The molecule has 1 saturated carbocycles. The van der Waals surface area contributed by atoms with Gasteiger partial charge in [0.25, 0.3) is 5.60 Å². The van der Waals surface area contributed by atoms with E-state index in [2.05, 4.69) is 5.32 Å². The number of hydrogen-bond acceptors (Lipinski definition) is 4. The van der Waals surface area contributed by atoms with E-state index in [0.717, 1.165) is 36.4 Å². The molecule has 14 heteroatoms. The fourth-order valence-corrected chi connectivity index (χ4v) is 6.62. The summed E-state index contributed by atoms with van der Waals surface area (Å²) >= 11 is 0. The molecule has 1 fully saturated rings. The summed E-state index contributed by atoms with van der Waals surface area (Å²) in [6.07, 6.45) is -14.1. The highest BCUT2D eigenvalue weighted by Crippen LogP contribution is 2.51. The quantitative estimate of drug-likeness (QED) is 0.363. The maximum absolute atomic E-state index is 13.7. The molecular formula is C22H20F7NO5S. The minimum atomic E-state index is -6.12. The van der Waals surface area contributed by atoms with Gasteiger partial charge in [-0.05, 0) is 55.5 Å². The van der Waals surface area contributed by atoms with Gasteiger partial charge in [0.2, 0.25) is 0 Å². The van der Waals surface area contributed by atoms with Gasteiger partial charge in [-0.15, -0.1) is 0 Å². The smallest absolute Gasteiger partial charge is 0.430 e. The van der Waals surface area contributed by atoms with Crippen LogP contribution in [0, 0.1) is 5.82 Å². The predicted octanol–water partition coefficient (Wildman–Crippen LogP) is 5.02. The summed E-state index contributed by atoms with van der Waals surface area (Å²) in [5.41, 5.74) is -6.90. The number of halogens is 7. The highest BCUT2D eigenvalue weighted by atomic mass is 32.2. The van der Waals surface area contributed by atoms with Crippen LogP contribution in [-0.4, -0.2) is 43.1 Å². The Hall–Kier alpha value is -2.87. The van der Waals surface area contributed by atoms with Crippen LogP contribution in [0.5, 0.6) is 0 Å². The second-order valence-corrected chi connectivity index (χ2v) is 10.7. The number of hydrogen-bond donors (Lipinski definition) is 3. The normalized spacial score (nSPS) is 21.7. The molecule has 2 aromatic rings. The van der Waals surface area contributed by atoms with E-state index in [1.165, 1.54) is 0 Å². The highest BCUT2D eigenvalue weighted by molar-refractivity contribution is 7.92. The van der Waals surface area contributed by atoms with Crippen LogP contribution in [0.4, 0.5) is 35.5 Å². The molecule has 3 rings (SSSR count). The van der Waals surface area contributed by atoms with Gasteiger partial charge in [0.15, 0.2) is 9.84 Å². The first-order chi connectivity index (χ1) is 16.5. The molecule has 0 aliphatic heterocycles. The first-order valence-electron chi connectivity index (χ1n) is 10.4. The molecule has 0 spiro atoms. The molecule has 0 saturated heterocycles. The average molecular weight is 543 g/mol. The topological polar surface area (TPSA) is 104 Å². The number of sulfone groups is 1. The zero-order valence-electron chi connectivity index (χ0n) is 18.2. The number of amides is 1. The van der Waals surface area contributed by atoms with Crippen LogP contribution in [0.2, 0.25) is 0 Å². The summed E-state index contributed by atoms with van der Waals surface area (Å²) in [6, 6.07) is 5.34. The first kappa shape index (κ1) is 27.7. The van der Waals surface area contributed by atoms with Crippen molar-refractivity contribution in [2.45, 2.75) is 59.3 Å². The van der Waals surface area contributed by atoms with E-state index < -0.39 is 56.1 Å². The average Bonchev–Trinajstić information content (AvgIpc) is 2.77. The monoisotopic (exact) mass is 543 g/mol. The Bertz CT molecular complexity index is 1190. The number of carboxylic acid groups (broad SMARTS) is 1. The molecule has 0 heterocycles. The van der Waals surface area contributed by atoms with Crippen molar-refractivity contribution in [3.63, 3.8) is 0 Å². The summed E-state index contributed by atoms with van der Waals surface area (Å²) in [7, 11) is -4.40. The van der Waals surface area contributed by atoms with Crippen molar-refractivity contribution in [1.29, 1.82) is 0 Å². The lowest BCUT2D eigenvalue weighted by Gasteiger charge is -2.40. The van der Waals surface area contributed by atoms with Crippen molar-refractivity contribution in [3.05, 3.63) is 65.5 Å². The number of carbonyl (C=O) groups is 1. The van der Waals surface area contributed by atoms with Crippen LogP contribution in [0.1, 0.15) is 36.8 Å². The van der Waals surface area contributed by atoms with E-state index in [1.807, 2.05) is 0 Å². The fourth-order valence-electron chi connectivity index (χ4n) is 4.46. The van der Waals surface area contributed by atoms with Crippen LogP contribution in [0.25, 0.3) is 0 Å². The van der Waals surface area contributed by atoms with Crippen molar-refractivity contribution >= 4 is 15.9 Å². The molecule has 1 amide bonds. The van der Waals surface area contributed by atoms with E-state index in [9.17, 15) is 49.1 Å². The zero-order valence-corrected chi connectivity index (χ0v) is 19.0. The van der Waals surface area contributed by atoms with Crippen LogP contribution >= 0.6 is 0 Å². The van der Waals surface area contributed by atoms with Crippen molar-refractivity contribution < 1.29 is 54.2 Å². The van der Waals surface area contributed by atoms with Gasteiger partial charge in [-0.1, -0.05) is 24.3 Å². The van der Waals surface area contributed by atoms with Gasteiger partial charge in [0.05, 0.1) is 4.90 Å². The molecule has 0 unspecified atom stereocenters. The van der Waals surface area contributed by atoms with Crippen LogP contribution in [0.3, 0.4) is 0 Å². The molecule has 3 N–H and O–H groups in total. The molecule has 198 valence electrons. The molecule has 1 aliphatic rings. The van der Waals surface area contributed by atoms with E-state index in [1.54, 1.807) is 0 Å². The number of alkyl halides is 6. The van der Waals surface area contributed by atoms with Gasteiger partial charge >= 0.3 is 18.4 Å². The minimum absolute atomic E-state index is 0.0104. The number of aliphatic hydroxyl groups is 1. The molecule has 0 aromatic heterocycles. The second kappa shape index (κ2) is 9.21. The Morgan fingerprint density at radius 1 is 0.889 bits per heavy atom. The maximum Gasteiger partial charge on any atom is 0.430 e. The lowest BCUT2D eigenvalue weighted by molar-refractivity contribution is -0.376. The highest BCUT2D eigenvalue weighted by Gasteiger charge is 2.71. The Balaban J connectivity index is 2.13. The maximum atomic E-state index is 13.7. The van der Waals surface area contributed by atoms with Gasteiger partial charge in [-0.25, -0.2) is 17.6 Å². The summed E-state index contributed by atoms with van der Waals surface area (Å²) in [6.45, 7) is 0. The van der Waals surface area contributed by atoms with Crippen molar-refractivity contribution in [2.75, 3.05) is 0 Å². The van der Waals surface area contributed by atoms with E-state index in [-0.39, 0.29) is 36.1 Å². The molecular weight excluding hydrogens is 523 g/mol. The Morgan fingerprint density at radius 2 is 1.36 bits per heavy atom. The third-order valence-electron chi connectivity index (χ3n) is 6.41. The SMILES string of the molecule is O=C(O)NC1CCC(c2ccc(C(O)(C(F)(F)F)C(F)(F)F)cc2)(S(=O)(=O)c2ccc(F)cc2)CC1. The van der Waals surface area contributed by atoms with Crippen LogP contribution in [0.15, 0.2) is 53.4 Å². The largest absolute Gasteiger partial charge is 0.465 e. The standard InChI is InChI=1S/C22H20F7NO5S/c23-15-5-7-17(8-6-15)36(34,35)19(11-9-16(10-12-19)30-18(31)32)13-1-3-14(4-2-13)20(33,21(24,25)26)22(27,28)29/h1-8,16,30,33H,9-12H2,(H,31,32). The molecule has 36 heavy (non-hydrogen) atoms. The Morgan fingerprint density at radius 3 is 1.78 bits per heavy atom. The Kier molecular flexibility index (Phi) is 7.09. The summed E-state index contributed by atoms with van der Waals surface area (Å²) < 4.78 is 118. The van der Waals surface area contributed by atoms with Gasteiger partial charge in [0, 0.05) is 11.6 Å². The van der Waals surface area contributed by atoms with Gasteiger partial charge in [-0.2, -0.15) is 26.3 Å². The van der Waals surface area contributed by atoms with Crippen molar-refractivity contribution in [2.24, 2.45) is 0 Å². The first-order valence-corrected chi connectivity index (χ1v) is 11.9. The van der Waals surface area contributed by atoms with E-state index >= 15 is 0 Å². The van der Waals surface area contributed by atoms with Crippen LogP contribution in [-0.2, 0) is 20.2 Å². The minimum Gasteiger partial charge on any atom is -0.465 e. The number of benzene rings is 2. The molecule has 2 aromatic carbocycles. The summed E-state index contributed by atoms with van der Waals surface area (Å²) in [5, 5.41) is 20.8. The third-order valence-corrected chi connectivity index (χ3v) is 8.97. The number of rotatable bonds is 5. The molecule has 1 aliphatic carbocycles. The summed E-state index contributed by atoms with van der Waals surface area (Å²) in [5.74, 6) is -0.736. The lowest BCUT2D eigenvalue weighted by Crippen LogP contribution is -2.54. The van der Waals surface area contributed by atoms with Crippen LogP contribution < -0.4 is 5.32 Å². The van der Waals surface area contributed by atoms with Gasteiger partial charge < -0.3 is 15.5 Å². The van der Waals surface area contributed by atoms with E-state index in [4.69, 9.17) is 5.11 Å². The molecule has 0 atom stereocenters. The van der Waals surface area contributed by atoms with E-state index in [0.29, 0.717) is 12.1 Å². The lowest BCUT2D eigenvalue weighted by atomic mass is 9.80. The molecule has 0 radical (unpaired) electrons. The van der Waals surface area contributed by atoms with Crippen molar-refractivity contribution in [1.82, 2.24) is 5.32 Å². The molecule has 6 nitrogen and oxygen atoms in total. The fraction of sp³-hybridized carbons (Fsp3) is 0.409. The molecule has 0 bridgehead atoms. The second-order valence-electron chi connectivity index (χ2n) is 8.46. The van der Waals surface area contributed by atoms with Gasteiger partial charge in [0.1, 0.15) is 10.6 Å². The summed E-state index contributed by atoms with van der Waals surface area (Å²) in [4.78, 5) is 10.6. The van der Waals surface area contributed by atoms with Crippen molar-refractivity contribution in [3.8, 4) is 0 Å². The number of nitrogens with one attached hydrogen (secondary N) is 1.